The van der Waals surface area contributed by atoms with Crippen molar-refractivity contribution in [1.29, 1.82) is 0 Å². The molecule has 0 spiro atoms. The molecule has 2 rings (SSSR count). The molecule has 0 saturated heterocycles. The van der Waals surface area contributed by atoms with Gasteiger partial charge in [0.2, 0.25) is 0 Å². The fraction of sp³-hybridized carbons (Fsp3) is 0.231. The molecule has 0 aliphatic heterocycles. The van der Waals surface area contributed by atoms with Crippen molar-refractivity contribution < 1.29 is 8.42 Å². The SMILES string of the molecule is CN(Cc1cccc(Cl)c1)S(=O)(=O)c1ccc(CCl)s1. The summed E-state index contributed by atoms with van der Waals surface area (Å²) in [6.07, 6.45) is 0. The predicted octanol–water partition coefficient (Wildman–Crippen LogP) is 3.96. The number of nitrogens with zero attached hydrogens (tertiary/aromatic N) is 1. The summed E-state index contributed by atoms with van der Waals surface area (Å²) in [4.78, 5) is 0.835. The normalized spacial score (nSPS) is 12.0. The van der Waals surface area contributed by atoms with Gasteiger partial charge in [0.25, 0.3) is 10.0 Å². The summed E-state index contributed by atoms with van der Waals surface area (Å²) in [5.74, 6) is 0.318. The molecule has 0 saturated carbocycles. The second-order valence-corrected chi connectivity index (χ2v) is 8.39. The molecule has 1 aromatic carbocycles. The van der Waals surface area contributed by atoms with Gasteiger partial charge in [-0.25, -0.2) is 8.42 Å². The van der Waals surface area contributed by atoms with Gasteiger partial charge < -0.3 is 0 Å². The van der Waals surface area contributed by atoms with Crippen molar-refractivity contribution in [3.05, 3.63) is 51.9 Å². The van der Waals surface area contributed by atoms with E-state index < -0.39 is 10.0 Å². The summed E-state index contributed by atoms with van der Waals surface area (Å²) >= 11 is 12.8. The second-order valence-electron chi connectivity index (χ2n) is 4.25. The molecule has 1 heterocycles. The largest absolute Gasteiger partial charge is 0.252 e. The molecule has 7 heteroatoms. The molecule has 2 aromatic rings. The van der Waals surface area contributed by atoms with Crippen LogP contribution in [0.3, 0.4) is 0 Å². The van der Waals surface area contributed by atoms with Crippen LogP contribution in [0.15, 0.2) is 40.6 Å². The third kappa shape index (κ3) is 3.54. The van der Waals surface area contributed by atoms with Gasteiger partial charge in [0.1, 0.15) is 4.21 Å². The van der Waals surface area contributed by atoms with Crippen LogP contribution in [0.1, 0.15) is 10.4 Å². The molecule has 0 aliphatic rings. The minimum atomic E-state index is -3.49. The van der Waals surface area contributed by atoms with Gasteiger partial charge in [-0.05, 0) is 29.8 Å². The Balaban J connectivity index is 2.21. The molecule has 1 aromatic heterocycles. The maximum absolute atomic E-state index is 12.4. The Hall–Kier alpha value is -0.590. The molecule has 0 bridgehead atoms. The summed E-state index contributed by atoms with van der Waals surface area (Å²) in [5.41, 5.74) is 0.845. The van der Waals surface area contributed by atoms with Crippen molar-refractivity contribution in [2.45, 2.75) is 16.6 Å². The number of halogens is 2. The highest BCUT2D eigenvalue weighted by atomic mass is 35.5. The fourth-order valence-electron chi connectivity index (χ4n) is 1.70. The topological polar surface area (TPSA) is 37.4 Å². The van der Waals surface area contributed by atoms with Gasteiger partial charge in [-0.2, -0.15) is 4.31 Å². The van der Waals surface area contributed by atoms with Crippen molar-refractivity contribution in [2.24, 2.45) is 0 Å². The highest BCUT2D eigenvalue weighted by molar-refractivity contribution is 7.91. The molecule has 3 nitrogen and oxygen atoms in total. The zero-order valence-corrected chi connectivity index (χ0v) is 13.9. The third-order valence-electron chi connectivity index (χ3n) is 2.73. The lowest BCUT2D eigenvalue weighted by molar-refractivity contribution is 0.468. The molecule has 0 unspecified atom stereocenters. The standard InChI is InChI=1S/C13H13Cl2NO2S2/c1-16(9-10-3-2-4-11(15)7-10)20(17,18)13-6-5-12(8-14)19-13/h2-7H,8-9H2,1H3. The maximum atomic E-state index is 12.4. The lowest BCUT2D eigenvalue weighted by Crippen LogP contribution is -2.25. The van der Waals surface area contributed by atoms with E-state index in [4.69, 9.17) is 23.2 Å². The van der Waals surface area contributed by atoms with Crippen LogP contribution >= 0.6 is 34.5 Å². The van der Waals surface area contributed by atoms with Crippen molar-refractivity contribution in [1.82, 2.24) is 4.31 Å². The van der Waals surface area contributed by atoms with Gasteiger partial charge in [0.15, 0.2) is 0 Å². The lowest BCUT2D eigenvalue weighted by Gasteiger charge is -2.16. The zero-order chi connectivity index (χ0) is 14.8. The number of hydrogen-bond acceptors (Lipinski definition) is 3. The minimum absolute atomic E-state index is 0.275. The Morgan fingerprint density at radius 1 is 1.25 bits per heavy atom. The van der Waals surface area contributed by atoms with E-state index >= 15 is 0 Å². The molecular weight excluding hydrogens is 337 g/mol. The van der Waals surface area contributed by atoms with Gasteiger partial charge in [-0.15, -0.1) is 22.9 Å². The molecule has 108 valence electrons. The second kappa shape index (κ2) is 6.45. The van der Waals surface area contributed by atoms with E-state index in [0.717, 1.165) is 10.4 Å². The number of hydrogen-bond donors (Lipinski definition) is 0. The lowest BCUT2D eigenvalue weighted by atomic mass is 10.2. The molecule has 0 aliphatic carbocycles. The Bertz CT molecular complexity index is 698. The summed E-state index contributed by atoms with van der Waals surface area (Å²) in [6.45, 7) is 0.275. The van der Waals surface area contributed by atoms with Crippen LogP contribution in [0.2, 0.25) is 5.02 Å². The zero-order valence-electron chi connectivity index (χ0n) is 10.7. The predicted molar refractivity (Wildman–Crippen MR) is 84.0 cm³/mol. The highest BCUT2D eigenvalue weighted by Gasteiger charge is 2.22. The van der Waals surface area contributed by atoms with Crippen LogP contribution in [-0.2, 0) is 22.4 Å². The Labute approximate surface area is 132 Å². The maximum Gasteiger partial charge on any atom is 0.252 e. The van der Waals surface area contributed by atoms with Gasteiger partial charge in [-0.3, -0.25) is 0 Å². The number of thiophene rings is 1. The highest BCUT2D eigenvalue weighted by Crippen LogP contribution is 2.26. The number of alkyl halides is 1. The Kier molecular flexibility index (Phi) is 5.09. The first-order valence-corrected chi connectivity index (χ1v) is 8.96. The Morgan fingerprint density at radius 2 is 2.00 bits per heavy atom. The number of sulfonamides is 1. The average molecular weight is 350 g/mol. The van der Waals surface area contributed by atoms with E-state index in [0.29, 0.717) is 15.1 Å². The van der Waals surface area contributed by atoms with Crippen LogP contribution in [0.4, 0.5) is 0 Å². The molecule has 0 amide bonds. The fourth-order valence-corrected chi connectivity index (χ4v) is 4.74. The minimum Gasteiger partial charge on any atom is -0.206 e. The van der Waals surface area contributed by atoms with Crippen LogP contribution in [-0.4, -0.2) is 19.8 Å². The molecule has 0 atom stereocenters. The van der Waals surface area contributed by atoms with Crippen molar-refractivity contribution in [3.8, 4) is 0 Å². The van der Waals surface area contributed by atoms with E-state index in [9.17, 15) is 8.42 Å². The van der Waals surface area contributed by atoms with E-state index in [1.54, 1.807) is 37.4 Å². The molecular formula is C13H13Cl2NO2S2. The monoisotopic (exact) mass is 349 g/mol. The first-order chi connectivity index (χ1) is 9.43. The quantitative estimate of drug-likeness (QED) is 0.766. The summed E-state index contributed by atoms with van der Waals surface area (Å²) in [5, 5.41) is 0.592. The molecule has 0 radical (unpaired) electrons. The number of rotatable bonds is 5. The number of benzene rings is 1. The van der Waals surface area contributed by atoms with E-state index in [1.165, 1.54) is 15.6 Å². The molecule has 20 heavy (non-hydrogen) atoms. The van der Waals surface area contributed by atoms with Gasteiger partial charge in [0.05, 0.1) is 5.88 Å². The first kappa shape index (κ1) is 15.8. The summed E-state index contributed by atoms with van der Waals surface area (Å²) in [6, 6.07) is 10.5. The first-order valence-electron chi connectivity index (χ1n) is 5.79. The average Bonchev–Trinajstić information content (AvgIpc) is 2.88. The van der Waals surface area contributed by atoms with Crippen LogP contribution in [0, 0.1) is 0 Å². The smallest absolute Gasteiger partial charge is 0.206 e. The van der Waals surface area contributed by atoms with E-state index in [1.807, 2.05) is 6.07 Å². The van der Waals surface area contributed by atoms with Crippen molar-refractivity contribution in [2.75, 3.05) is 7.05 Å². The molecule has 0 N–H and O–H groups in total. The van der Waals surface area contributed by atoms with Gasteiger partial charge in [0, 0.05) is 23.5 Å². The van der Waals surface area contributed by atoms with Crippen LogP contribution < -0.4 is 0 Å². The summed E-state index contributed by atoms with van der Waals surface area (Å²) < 4.78 is 26.4. The van der Waals surface area contributed by atoms with Crippen LogP contribution in [0.25, 0.3) is 0 Å². The van der Waals surface area contributed by atoms with Gasteiger partial charge >= 0.3 is 0 Å². The summed E-state index contributed by atoms with van der Waals surface area (Å²) in [7, 11) is -1.94. The van der Waals surface area contributed by atoms with Crippen LogP contribution in [0.5, 0.6) is 0 Å². The Morgan fingerprint density at radius 3 is 2.60 bits per heavy atom. The van der Waals surface area contributed by atoms with E-state index in [-0.39, 0.29) is 6.54 Å². The van der Waals surface area contributed by atoms with Crippen molar-refractivity contribution >= 4 is 44.6 Å². The third-order valence-corrected chi connectivity index (χ3v) is 6.77. The van der Waals surface area contributed by atoms with Crippen molar-refractivity contribution in [3.63, 3.8) is 0 Å². The molecule has 0 fully saturated rings. The van der Waals surface area contributed by atoms with E-state index in [2.05, 4.69) is 0 Å². The van der Waals surface area contributed by atoms with Gasteiger partial charge in [-0.1, -0.05) is 23.7 Å².